The fraction of sp³-hybridized carbons (Fsp3) is 0.375. The summed E-state index contributed by atoms with van der Waals surface area (Å²) in [7, 11) is 1.75. The van der Waals surface area contributed by atoms with Crippen LogP contribution in [0.4, 0.5) is 4.39 Å². The SMILES string of the molecule is CCc1nn(C)cc1C(=O)NCC(C)(O)c1ccc(F)cc1. The second-order valence-corrected chi connectivity index (χ2v) is 5.48. The Morgan fingerprint density at radius 3 is 2.64 bits per heavy atom. The minimum absolute atomic E-state index is 0.0233. The van der Waals surface area contributed by atoms with E-state index >= 15 is 0 Å². The van der Waals surface area contributed by atoms with Gasteiger partial charge in [-0.05, 0) is 31.0 Å². The van der Waals surface area contributed by atoms with Crippen molar-refractivity contribution in [2.24, 2.45) is 7.05 Å². The average molecular weight is 305 g/mol. The van der Waals surface area contributed by atoms with Crippen LogP contribution in [0.15, 0.2) is 30.5 Å². The van der Waals surface area contributed by atoms with Gasteiger partial charge < -0.3 is 10.4 Å². The largest absolute Gasteiger partial charge is 0.384 e. The lowest BCUT2D eigenvalue weighted by Gasteiger charge is -2.24. The first-order chi connectivity index (χ1) is 10.3. The molecule has 2 N–H and O–H groups in total. The molecule has 0 aliphatic rings. The molecule has 0 fully saturated rings. The van der Waals surface area contributed by atoms with E-state index in [0.29, 0.717) is 23.2 Å². The molecule has 1 amide bonds. The van der Waals surface area contributed by atoms with E-state index in [9.17, 15) is 14.3 Å². The van der Waals surface area contributed by atoms with Crippen LogP contribution in [0.1, 0.15) is 35.5 Å². The van der Waals surface area contributed by atoms with Crippen LogP contribution in [0.5, 0.6) is 0 Å². The molecule has 0 saturated carbocycles. The topological polar surface area (TPSA) is 67.2 Å². The van der Waals surface area contributed by atoms with Gasteiger partial charge in [0.25, 0.3) is 5.91 Å². The Bertz CT molecular complexity index is 663. The fourth-order valence-electron chi connectivity index (χ4n) is 2.24. The maximum atomic E-state index is 12.9. The summed E-state index contributed by atoms with van der Waals surface area (Å²) in [5, 5.41) is 17.4. The molecule has 1 unspecified atom stereocenters. The lowest BCUT2D eigenvalue weighted by Crippen LogP contribution is -2.38. The molecule has 5 nitrogen and oxygen atoms in total. The van der Waals surface area contributed by atoms with E-state index < -0.39 is 5.60 Å². The van der Waals surface area contributed by atoms with Crippen LogP contribution in [0.2, 0.25) is 0 Å². The van der Waals surface area contributed by atoms with Crippen LogP contribution in [0.3, 0.4) is 0 Å². The summed E-state index contributed by atoms with van der Waals surface area (Å²) in [6.45, 7) is 3.52. The third-order valence-electron chi connectivity index (χ3n) is 3.54. The van der Waals surface area contributed by atoms with Gasteiger partial charge >= 0.3 is 0 Å². The lowest BCUT2D eigenvalue weighted by molar-refractivity contribution is 0.0525. The summed E-state index contributed by atoms with van der Waals surface area (Å²) in [4.78, 5) is 12.2. The third kappa shape index (κ3) is 3.51. The number of nitrogens with one attached hydrogen (secondary N) is 1. The molecule has 118 valence electrons. The third-order valence-corrected chi connectivity index (χ3v) is 3.54. The number of aliphatic hydroxyl groups is 1. The Kier molecular flexibility index (Phi) is 4.61. The van der Waals surface area contributed by atoms with Gasteiger partial charge in [-0.1, -0.05) is 19.1 Å². The molecule has 1 atom stereocenters. The quantitative estimate of drug-likeness (QED) is 0.884. The van der Waals surface area contributed by atoms with Crippen LogP contribution < -0.4 is 5.32 Å². The van der Waals surface area contributed by atoms with Gasteiger partial charge in [0.15, 0.2) is 0 Å². The van der Waals surface area contributed by atoms with Crippen LogP contribution in [0, 0.1) is 5.82 Å². The molecular formula is C16H20FN3O2. The van der Waals surface area contributed by atoms with Gasteiger partial charge in [0, 0.05) is 13.2 Å². The normalized spacial score (nSPS) is 13.7. The van der Waals surface area contributed by atoms with Crippen molar-refractivity contribution < 1.29 is 14.3 Å². The fourth-order valence-corrected chi connectivity index (χ4v) is 2.24. The van der Waals surface area contributed by atoms with E-state index in [4.69, 9.17) is 0 Å². The predicted octanol–water partition coefficient (Wildman–Crippen LogP) is 1.76. The molecule has 1 aromatic heterocycles. The highest BCUT2D eigenvalue weighted by Crippen LogP contribution is 2.20. The second kappa shape index (κ2) is 6.27. The van der Waals surface area contributed by atoms with Gasteiger partial charge in [-0.25, -0.2) is 4.39 Å². The maximum Gasteiger partial charge on any atom is 0.254 e. The number of aryl methyl sites for hydroxylation is 2. The van der Waals surface area contributed by atoms with Gasteiger partial charge in [-0.2, -0.15) is 5.10 Å². The summed E-state index contributed by atoms with van der Waals surface area (Å²) in [6, 6.07) is 5.57. The number of nitrogens with zero attached hydrogens (tertiary/aromatic N) is 2. The molecule has 0 spiro atoms. The Hall–Kier alpha value is -2.21. The van der Waals surface area contributed by atoms with Crippen LogP contribution in [-0.4, -0.2) is 27.3 Å². The zero-order chi connectivity index (χ0) is 16.3. The van der Waals surface area contributed by atoms with E-state index in [1.165, 1.54) is 24.3 Å². The molecule has 22 heavy (non-hydrogen) atoms. The molecule has 0 aliphatic carbocycles. The van der Waals surface area contributed by atoms with E-state index in [-0.39, 0.29) is 18.3 Å². The number of amides is 1. The number of benzene rings is 1. The molecule has 0 aliphatic heterocycles. The Labute approximate surface area is 128 Å². The molecule has 1 heterocycles. The van der Waals surface area contributed by atoms with Gasteiger partial charge in [0.1, 0.15) is 11.4 Å². The van der Waals surface area contributed by atoms with Crippen LogP contribution in [0.25, 0.3) is 0 Å². The minimum Gasteiger partial charge on any atom is -0.384 e. The maximum absolute atomic E-state index is 12.9. The van der Waals surface area contributed by atoms with Crippen LogP contribution >= 0.6 is 0 Å². The van der Waals surface area contributed by atoms with E-state index in [0.717, 1.165) is 0 Å². The summed E-state index contributed by atoms with van der Waals surface area (Å²) >= 11 is 0. The van der Waals surface area contributed by atoms with Crippen LogP contribution in [-0.2, 0) is 19.1 Å². The summed E-state index contributed by atoms with van der Waals surface area (Å²) in [6.07, 6.45) is 2.30. The first-order valence-corrected chi connectivity index (χ1v) is 7.12. The Balaban J connectivity index is 2.07. The zero-order valence-electron chi connectivity index (χ0n) is 12.9. The highest BCUT2D eigenvalue weighted by Gasteiger charge is 2.25. The molecule has 0 saturated heterocycles. The van der Waals surface area contributed by atoms with Gasteiger partial charge in [-0.15, -0.1) is 0 Å². The lowest BCUT2D eigenvalue weighted by atomic mass is 9.96. The molecule has 2 aromatic rings. The van der Waals surface area contributed by atoms with Crippen molar-refractivity contribution in [1.82, 2.24) is 15.1 Å². The highest BCUT2D eigenvalue weighted by atomic mass is 19.1. The number of hydrogen-bond donors (Lipinski definition) is 2. The molecule has 6 heteroatoms. The van der Waals surface area contributed by atoms with Gasteiger partial charge in [-0.3, -0.25) is 9.48 Å². The van der Waals surface area contributed by atoms with Crippen molar-refractivity contribution in [2.45, 2.75) is 25.9 Å². The molecule has 0 radical (unpaired) electrons. The van der Waals surface area contributed by atoms with Gasteiger partial charge in [0.2, 0.25) is 0 Å². The molecule has 2 rings (SSSR count). The van der Waals surface area contributed by atoms with Crippen molar-refractivity contribution in [1.29, 1.82) is 0 Å². The highest BCUT2D eigenvalue weighted by molar-refractivity contribution is 5.95. The standard InChI is InChI=1S/C16H20FN3O2/c1-4-14-13(9-20(3)19-14)15(21)18-10-16(2,22)11-5-7-12(17)8-6-11/h5-9,22H,4,10H2,1-3H3,(H,18,21). The first-order valence-electron chi connectivity index (χ1n) is 7.12. The number of aromatic nitrogens is 2. The van der Waals surface area contributed by atoms with E-state index in [2.05, 4.69) is 10.4 Å². The monoisotopic (exact) mass is 305 g/mol. The van der Waals surface area contributed by atoms with Crippen molar-refractivity contribution in [2.75, 3.05) is 6.54 Å². The number of hydrogen-bond acceptors (Lipinski definition) is 3. The summed E-state index contributed by atoms with van der Waals surface area (Å²) in [5.74, 6) is -0.654. The average Bonchev–Trinajstić information content (AvgIpc) is 2.86. The van der Waals surface area contributed by atoms with Gasteiger partial charge in [0.05, 0.1) is 17.8 Å². The Morgan fingerprint density at radius 2 is 2.05 bits per heavy atom. The van der Waals surface area contributed by atoms with Crippen molar-refractivity contribution in [3.8, 4) is 0 Å². The predicted molar refractivity (Wildman–Crippen MR) is 80.9 cm³/mol. The molecule has 0 bridgehead atoms. The molecule has 1 aromatic carbocycles. The number of rotatable bonds is 5. The smallest absolute Gasteiger partial charge is 0.254 e. The van der Waals surface area contributed by atoms with Crippen molar-refractivity contribution >= 4 is 5.91 Å². The zero-order valence-corrected chi connectivity index (χ0v) is 12.9. The number of carbonyl (C=O) groups is 1. The van der Waals surface area contributed by atoms with E-state index in [1.54, 1.807) is 24.9 Å². The van der Waals surface area contributed by atoms with Crippen molar-refractivity contribution in [3.05, 3.63) is 53.1 Å². The summed E-state index contributed by atoms with van der Waals surface area (Å²) in [5.41, 5.74) is 0.468. The molecular weight excluding hydrogens is 285 g/mol. The number of halogens is 1. The first kappa shape index (κ1) is 16.2. The number of carbonyl (C=O) groups excluding carboxylic acids is 1. The minimum atomic E-state index is -1.28. The van der Waals surface area contributed by atoms with Crippen molar-refractivity contribution in [3.63, 3.8) is 0 Å². The summed E-state index contributed by atoms with van der Waals surface area (Å²) < 4.78 is 14.5. The second-order valence-electron chi connectivity index (χ2n) is 5.48. The Morgan fingerprint density at radius 1 is 1.41 bits per heavy atom. The van der Waals surface area contributed by atoms with E-state index in [1.807, 2.05) is 6.92 Å².